The molecular formula is C10H15BrN2O2S2. The van der Waals surface area contributed by atoms with Gasteiger partial charge in [-0.25, -0.2) is 13.1 Å². The van der Waals surface area contributed by atoms with E-state index in [4.69, 9.17) is 0 Å². The minimum Gasteiger partial charge on any atom is -0.315 e. The van der Waals surface area contributed by atoms with Crippen molar-refractivity contribution in [3.05, 3.63) is 15.9 Å². The van der Waals surface area contributed by atoms with Crippen LogP contribution >= 0.6 is 27.3 Å². The lowest BCUT2D eigenvalue weighted by Crippen LogP contribution is -2.40. The van der Waals surface area contributed by atoms with Gasteiger partial charge >= 0.3 is 0 Å². The normalized spacial score (nSPS) is 22.3. The summed E-state index contributed by atoms with van der Waals surface area (Å²) in [6.45, 7) is 1.69. The van der Waals surface area contributed by atoms with Gasteiger partial charge in [-0.2, -0.15) is 0 Å². The van der Waals surface area contributed by atoms with Crippen molar-refractivity contribution in [1.29, 1.82) is 0 Å². The van der Waals surface area contributed by atoms with E-state index in [2.05, 4.69) is 26.0 Å². The van der Waals surface area contributed by atoms with E-state index >= 15 is 0 Å². The van der Waals surface area contributed by atoms with E-state index < -0.39 is 10.0 Å². The molecule has 2 N–H and O–H groups in total. The first-order valence-electron chi connectivity index (χ1n) is 5.56. The highest BCUT2D eigenvalue weighted by Gasteiger charge is 2.22. The van der Waals surface area contributed by atoms with Crippen LogP contribution in [-0.4, -0.2) is 27.5 Å². The molecule has 0 aromatic carbocycles. The molecule has 0 bridgehead atoms. The Labute approximate surface area is 114 Å². The monoisotopic (exact) mass is 338 g/mol. The Morgan fingerprint density at radius 2 is 2.24 bits per heavy atom. The fourth-order valence-electron chi connectivity index (χ4n) is 1.84. The van der Waals surface area contributed by atoms with E-state index in [1.807, 2.05) is 0 Å². The van der Waals surface area contributed by atoms with Crippen LogP contribution in [0, 0.1) is 0 Å². The molecule has 1 fully saturated rings. The molecule has 1 saturated heterocycles. The largest absolute Gasteiger partial charge is 0.315 e. The molecule has 17 heavy (non-hydrogen) atoms. The number of nitrogens with one attached hydrogen (secondary N) is 2. The van der Waals surface area contributed by atoms with Crippen molar-refractivity contribution in [2.75, 3.05) is 13.1 Å². The lowest BCUT2D eigenvalue weighted by atomic mass is 10.2. The highest BCUT2D eigenvalue weighted by atomic mass is 79.9. The molecule has 2 rings (SSSR count). The summed E-state index contributed by atoms with van der Waals surface area (Å²) in [6.07, 6.45) is 3.08. The van der Waals surface area contributed by atoms with Gasteiger partial charge in [0.1, 0.15) is 4.21 Å². The van der Waals surface area contributed by atoms with Crippen molar-refractivity contribution in [2.45, 2.75) is 29.5 Å². The number of sulfonamides is 1. The van der Waals surface area contributed by atoms with Gasteiger partial charge in [-0.15, -0.1) is 11.3 Å². The maximum absolute atomic E-state index is 12.1. The fraction of sp³-hybridized carbons (Fsp3) is 0.600. The Bertz CT molecular complexity index is 464. The van der Waals surface area contributed by atoms with Crippen molar-refractivity contribution in [3.8, 4) is 0 Å². The second-order valence-corrected chi connectivity index (χ2v) is 8.48. The lowest BCUT2D eigenvalue weighted by Gasteiger charge is -2.15. The average molecular weight is 339 g/mol. The van der Waals surface area contributed by atoms with E-state index in [9.17, 15) is 8.42 Å². The summed E-state index contributed by atoms with van der Waals surface area (Å²) in [7, 11) is -3.36. The molecular weight excluding hydrogens is 324 g/mol. The Hall–Kier alpha value is 0.0500. The van der Waals surface area contributed by atoms with Gasteiger partial charge in [0, 0.05) is 12.6 Å². The second-order valence-electron chi connectivity index (χ2n) is 4.08. The average Bonchev–Trinajstić information content (AvgIpc) is 2.55. The summed E-state index contributed by atoms with van der Waals surface area (Å²) in [5, 5.41) is 3.24. The first-order valence-corrected chi connectivity index (χ1v) is 8.65. The van der Waals surface area contributed by atoms with Crippen LogP contribution in [0.5, 0.6) is 0 Å². The lowest BCUT2D eigenvalue weighted by molar-refractivity contribution is 0.522. The van der Waals surface area contributed by atoms with Crippen molar-refractivity contribution >= 4 is 37.3 Å². The Morgan fingerprint density at radius 1 is 1.41 bits per heavy atom. The summed E-state index contributed by atoms with van der Waals surface area (Å²) in [5.41, 5.74) is 0. The van der Waals surface area contributed by atoms with Crippen LogP contribution in [0.3, 0.4) is 0 Å². The summed E-state index contributed by atoms with van der Waals surface area (Å²) in [6, 6.07) is 3.38. The van der Waals surface area contributed by atoms with E-state index in [-0.39, 0.29) is 6.04 Å². The van der Waals surface area contributed by atoms with E-state index in [0.29, 0.717) is 10.8 Å². The molecule has 1 aromatic rings. The number of hydrogen-bond donors (Lipinski definition) is 2. The topological polar surface area (TPSA) is 58.2 Å². The van der Waals surface area contributed by atoms with Gasteiger partial charge in [0.05, 0.1) is 3.79 Å². The Kier molecular flexibility index (Phi) is 4.59. The molecule has 1 aliphatic heterocycles. The van der Waals surface area contributed by atoms with Gasteiger partial charge in [0.15, 0.2) is 0 Å². The predicted octanol–water partition coefficient (Wildman–Crippen LogP) is 1.93. The van der Waals surface area contributed by atoms with Crippen molar-refractivity contribution in [1.82, 2.24) is 10.0 Å². The minimum atomic E-state index is -3.36. The quantitative estimate of drug-likeness (QED) is 0.885. The van der Waals surface area contributed by atoms with Crippen LogP contribution in [0.25, 0.3) is 0 Å². The van der Waals surface area contributed by atoms with Gasteiger partial charge in [0.25, 0.3) is 0 Å². The third-order valence-corrected chi connectivity index (χ3v) is 6.32. The zero-order valence-corrected chi connectivity index (χ0v) is 12.5. The first-order chi connectivity index (χ1) is 8.08. The molecule has 4 nitrogen and oxygen atoms in total. The predicted molar refractivity (Wildman–Crippen MR) is 72.8 cm³/mol. The van der Waals surface area contributed by atoms with Gasteiger partial charge in [-0.05, 0) is 47.4 Å². The molecule has 1 unspecified atom stereocenters. The zero-order valence-electron chi connectivity index (χ0n) is 9.28. The molecule has 0 amide bonds. The van der Waals surface area contributed by atoms with Crippen LogP contribution in [0.2, 0.25) is 0 Å². The minimum absolute atomic E-state index is 0.00313. The molecule has 96 valence electrons. The smallest absolute Gasteiger partial charge is 0.250 e. The van der Waals surface area contributed by atoms with Gasteiger partial charge in [-0.3, -0.25) is 0 Å². The fourth-order valence-corrected chi connectivity index (χ4v) is 5.14. The van der Waals surface area contributed by atoms with E-state index in [0.717, 1.165) is 29.6 Å². The van der Waals surface area contributed by atoms with Gasteiger partial charge in [-0.1, -0.05) is 6.42 Å². The van der Waals surface area contributed by atoms with Gasteiger partial charge in [0.2, 0.25) is 10.0 Å². The molecule has 0 spiro atoms. The van der Waals surface area contributed by atoms with Crippen LogP contribution in [0.15, 0.2) is 20.1 Å². The second kappa shape index (κ2) is 5.79. The zero-order chi connectivity index (χ0) is 12.3. The van der Waals surface area contributed by atoms with Crippen LogP contribution in [-0.2, 0) is 10.0 Å². The van der Waals surface area contributed by atoms with Crippen LogP contribution in [0.1, 0.15) is 19.3 Å². The molecule has 2 heterocycles. The summed E-state index contributed by atoms with van der Waals surface area (Å²) in [5.74, 6) is 0. The third-order valence-electron chi connectivity index (χ3n) is 2.68. The van der Waals surface area contributed by atoms with Crippen LogP contribution in [0.4, 0.5) is 0 Å². The SMILES string of the molecule is O=S(=O)(NC1CCCCNC1)c1ccc(Br)s1. The molecule has 0 saturated carbocycles. The maximum Gasteiger partial charge on any atom is 0.250 e. The first kappa shape index (κ1) is 13.5. The number of halogens is 1. The van der Waals surface area contributed by atoms with E-state index in [1.54, 1.807) is 12.1 Å². The Morgan fingerprint density at radius 3 is 2.94 bits per heavy atom. The molecule has 0 aliphatic carbocycles. The summed E-state index contributed by atoms with van der Waals surface area (Å²) >= 11 is 4.51. The maximum atomic E-state index is 12.1. The van der Waals surface area contributed by atoms with Crippen molar-refractivity contribution in [2.24, 2.45) is 0 Å². The third kappa shape index (κ3) is 3.75. The molecule has 0 radical (unpaired) electrons. The number of hydrogen-bond acceptors (Lipinski definition) is 4. The van der Waals surface area contributed by atoms with Crippen molar-refractivity contribution < 1.29 is 8.42 Å². The number of rotatable bonds is 3. The number of thiophene rings is 1. The molecule has 1 aromatic heterocycles. The van der Waals surface area contributed by atoms with Crippen molar-refractivity contribution in [3.63, 3.8) is 0 Å². The highest BCUT2D eigenvalue weighted by Crippen LogP contribution is 2.26. The molecule has 7 heteroatoms. The van der Waals surface area contributed by atoms with E-state index in [1.165, 1.54) is 11.3 Å². The van der Waals surface area contributed by atoms with Crippen LogP contribution < -0.4 is 10.0 Å². The summed E-state index contributed by atoms with van der Waals surface area (Å²) in [4.78, 5) is 0. The summed E-state index contributed by atoms with van der Waals surface area (Å²) < 4.78 is 28.1. The molecule has 1 atom stereocenters. The Balaban J connectivity index is 2.06. The standard InChI is InChI=1S/C10H15BrN2O2S2/c11-9-4-5-10(16-9)17(14,15)13-8-3-1-2-6-12-7-8/h4-5,8,12-13H,1-3,6-7H2. The highest BCUT2D eigenvalue weighted by molar-refractivity contribution is 9.11. The molecule has 1 aliphatic rings. The van der Waals surface area contributed by atoms with Gasteiger partial charge < -0.3 is 5.32 Å².